The molecule has 0 aliphatic rings. The first-order chi connectivity index (χ1) is 7.59. The molecule has 0 fully saturated rings. The van der Waals surface area contributed by atoms with E-state index in [1.54, 1.807) is 19.1 Å². The zero-order valence-corrected chi connectivity index (χ0v) is 10.4. The summed E-state index contributed by atoms with van der Waals surface area (Å²) in [6, 6.07) is 5.08. The molecule has 16 heavy (non-hydrogen) atoms. The van der Waals surface area contributed by atoms with Crippen molar-refractivity contribution in [2.45, 2.75) is 6.92 Å². The topological polar surface area (TPSA) is 80.9 Å². The van der Waals surface area contributed by atoms with Crippen molar-refractivity contribution in [2.75, 3.05) is 0 Å². The number of rotatable bonds is 2. The second-order valence-electron chi connectivity index (χ2n) is 3.10. The molecule has 1 aromatic heterocycles. The highest BCUT2D eigenvalue weighted by atomic mass is 127. The van der Waals surface area contributed by atoms with Crippen LogP contribution in [0.5, 0.6) is 0 Å². The highest BCUT2D eigenvalue weighted by Gasteiger charge is 2.14. The van der Waals surface area contributed by atoms with Crippen LogP contribution in [-0.2, 0) is 0 Å². The average molecular weight is 330 g/mol. The first-order valence-corrected chi connectivity index (χ1v) is 5.45. The smallest absolute Gasteiger partial charge is 0.337 e. The summed E-state index contributed by atoms with van der Waals surface area (Å²) >= 11 is 2.06. The largest absolute Gasteiger partial charge is 0.478 e. The molecule has 2 rings (SSSR count). The molecule has 1 N–H and O–H groups in total. The standard InChI is InChI=1S/C9H7IN4O2/c1-5-11-12-13-14(5)8-3-2-6(10)4-7(8)9(15)16/h2-4H,1H3,(H,15,16). The maximum atomic E-state index is 11.1. The van der Waals surface area contributed by atoms with Crippen LogP contribution in [0.1, 0.15) is 16.2 Å². The third-order valence-electron chi connectivity index (χ3n) is 2.04. The second kappa shape index (κ2) is 4.16. The molecule has 2 aromatic rings. The number of aryl methyl sites for hydroxylation is 1. The van der Waals surface area contributed by atoms with E-state index in [0.717, 1.165) is 3.57 Å². The number of aromatic nitrogens is 4. The van der Waals surface area contributed by atoms with Gasteiger partial charge in [-0.2, -0.15) is 4.68 Å². The SMILES string of the molecule is Cc1nnnn1-c1ccc(I)cc1C(=O)O. The molecule has 82 valence electrons. The van der Waals surface area contributed by atoms with E-state index in [2.05, 4.69) is 38.1 Å². The van der Waals surface area contributed by atoms with Crippen LogP contribution in [0.15, 0.2) is 18.2 Å². The Morgan fingerprint density at radius 3 is 2.81 bits per heavy atom. The van der Waals surface area contributed by atoms with Gasteiger partial charge in [0.1, 0.15) is 0 Å². The monoisotopic (exact) mass is 330 g/mol. The molecule has 0 spiro atoms. The van der Waals surface area contributed by atoms with Crippen molar-refractivity contribution in [1.82, 2.24) is 20.2 Å². The van der Waals surface area contributed by atoms with E-state index in [0.29, 0.717) is 11.5 Å². The Hall–Kier alpha value is -1.51. The fourth-order valence-electron chi connectivity index (χ4n) is 1.32. The Balaban J connectivity index is 2.65. The number of nitrogens with zero attached hydrogens (tertiary/aromatic N) is 4. The molecule has 0 aliphatic carbocycles. The Kier molecular flexibility index (Phi) is 2.86. The summed E-state index contributed by atoms with van der Waals surface area (Å²) in [4.78, 5) is 11.1. The summed E-state index contributed by atoms with van der Waals surface area (Å²) in [6.07, 6.45) is 0. The number of hydrogen-bond donors (Lipinski definition) is 1. The summed E-state index contributed by atoms with van der Waals surface area (Å²) < 4.78 is 2.25. The lowest BCUT2D eigenvalue weighted by Crippen LogP contribution is -2.08. The molecule has 0 atom stereocenters. The number of benzene rings is 1. The van der Waals surface area contributed by atoms with Gasteiger partial charge in [-0.25, -0.2) is 4.79 Å². The predicted molar refractivity (Wildman–Crippen MR) is 63.6 cm³/mol. The van der Waals surface area contributed by atoms with E-state index in [-0.39, 0.29) is 5.56 Å². The molecule has 0 aliphatic heterocycles. The number of carboxylic acid groups (broad SMARTS) is 1. The molecule has 0 saturated heterocycles. The Labute approximate surface area is 104 Å². The van der Waals surface area contributed by atoms with Crippen molar-refractivity contribution >= 4 is 28.6 Å². The Morgan fingerprint density at radius 1 is 1.50 bits per heavy atom. The molecule has 1 aromatic carbocycles. The minimum Gasteiger partial charge on any atom is -0.478 e. The lowest BCUT2D eigenvalue weighted by molar-refractivity contribution is 0.0696. The average Bonchev–Trinajstić information content (AvgIpc) is 2.64. The van der Waals surface area contributed by atoms with Crippen LogP contribution < -0.4 is 0 Å². The highest BCUT2D eigenvalue weighted by molar-refractivity contribution is 14.1. The molecule has 1 heterocycles. The van der Waals surface area contributed by atoms with Gasteiger partial charge in [0.25, 0.3) is 0 Å². The van der Waals surface area contributed by atoms with Crippen molar-refractivity contribution < 1.29 is 9.90 Å². The molecular weight excluding hydrogens is 323 g/mol. The second-order valence-corrected chi connectivity index (χ2v) is 4.35. The zero-order valence-electron chi connectivity index (χ0n) is 8.25. The van der Waals surface area contributed by atoms with Gasteiger partial charge in [-0.05, 0) is 58.1 Å². The minimum atomic E-state index is -0.997. The number of aromatic carboxylic acids is 1. The van der Waals surface area contributed by atoms with Gasteiger partial charge in [0.2, 0.25) is 0 Å². The van der Waals surface area contributed by atoms with E-state index >= 15 is 0 Å². The van der Waals surface area contributed by atoms with E-state index in [1.807, 2.05) is 6.07 Å². The third-order valence-corrected chi connectivity index (χ3v) is 2.71. The summed E-state index contributed by atoms with van der Waals surface area (Å²) in [5.74, 6) is -0.452. The molecule has 0 radical (unpaired) electrons. The number of halogens is 1. The quantitative estimate of drug-likeness (QED) is 0.839. The zero-order chi connectivity index (χ0) is 11.7. The molecule has 0 saturated carbocycles. The van der Waals surface area contributed by atoms with Gasteiger partial charge in [0.05, 0.1) is 11.3 Å². The fraction of sp³-hybridized carbons (Fsp3) is 0.111. The fourth-order valence-corrected chi connectivity index (χ4v) is 1.81. The van der Waals surface area contributed by atoms with Crippen molar-refractivity contribution in [3.05, 3.63) is 33.2 Å². The maximum Gasteiger partial charge on any atom is 0.337 e. The van der Waals surface area contributed by atoms with E-state index in [1.165, 1.54) is 4.68 Å². The Bertz CT molecular complexity index is 552. The van der Waals surface area contributed by atoms with E-state index in [4.69, 9.17) is 5.11 Å². The Morgan fingerprint density at radius 2 is 2.25 bits per heavy atom. The molecule has 0 unspecified atom stereocenters. The molecule has 0 bridgehead atoms. The minimum absolute atomic E-state index is 0.183. The molecule has 6 nitrogen and oxygen atoms in total. The van der Waals surface area contributed by atoms with Crippen molar-refractivity contribution in [3.8, 4) is 5.69 Å². The molecule has 7 heteroatoms. The van der Waals surface area contributed by atoms with Crippen molar-refractivity contribution in [3.63, 3.8) is 0 Å². The van der Waals surface area contributed by atoms with Crippen molar-refractivity contribution in [1.29, 1.82) is 0 Å². The number of tetrazole rings is 1. The van der Waals surface area contributed by atoms with E-state index in [9.17, 15) is 4.79 Å². The van der Waals surface area contributed by atoms with Gasteiger partial charge < -0.3 is 5.11 Å². The van der Waals surface area contributed by atoms with Gasteiger partial charge in [-0.3, -0.25) is 0 Å². The molecular formula is C9H7IN4O2. The number of hydrogen-bond acceptors (Lipinski definition) is 4. The summed E-state index contributed by atoms with van der Waals surface area (Å²) in [6.45, 7) is 1.71. The van der Waals surface area contributed by atoms with Crippen LogP contribution in [0, 0.1) is 10.5 Å². The summed E-state index contributed by atoms with van der Waals surface area (Å²) in [5.41, 5.74) is 0.651. The lowest BCUT2D eigenvalue weighted by atomic mass is 10.2. The van der Waals surface area contributed by atoms with Crippen LogP contribution in [-0.4, -0.2) is 31.3 Å². The van der Waals surface area contributed by atoms with Gasteiger partial charge in [-0.15, -0.1) is 5.10 Å². The van der Waals surface area contributed by atoms with Gasteiger partial charge in [-0.1, -0.05) is 0 Å². The van der Waals surface area contributed by atoms with Crippen molar-refractivity contribution in [2.24, 2.45) is 0 Å². The number of carboxylic acids is 1. The van der Waals surface area contributed by atoms with Gasteiger partial charge in [0, 0.05) is 3.57 Å². The maximum absolute atomic E-state index is 11.1. The van der Waals surface area contributed by atoms with Crippen LogP contribution in [0.2, 0.25) is 0 Å². The van der Waals surface area contributed by atoms with Gasteiger partial charge >= 0.3 is 5.97 Å². The summed E-state index contributed by atoms with van der Waals surface area (Å²) in [7, 11) is 0. The first kappa shape index (κ1) is 11.0. The van der Waals surface area contributed by atoms with E-state index < -0.39 is 5.97 Å². The first-order valence-electron chi connectivity index (χ1n) is 4.38. The van der Waals surface area contributed by atoms with Gasteiger partial charge in [0.15, 0.2) is 5.82 Å². The van der Waals surface area contributed by atoms with Crippen LogP contribution in [0.3, 0.4) is 0 Å². The molecule has 0 amide bonds. The predicted octanol–water partition coefficient (Wildman–Crippen LogP) is 1.27. The highest BCUT2D eigenvalue weighted by Crippen LogP contribution is 2.17. The summed E-state index contributed by atoms with van der Waals surface area (Å²) in [5, 5.41) is 20.1. The number of carbonyl (C=O) groups is 1. The normalized spacial score (nSPS) is 10.4. The third kappa shape index (κ3) is 1.90. The van der Waals surface area contributed by atoms with Crippen LogP contribution in [0.4, 0.5) is 0 Å². The van der Waals surface area contributed by atoms with Crippen LogP contribution >= 0.6 is 22.6 Å². The van der Waals surface area contributed by atoms with Crippen LogP contribution in [0.25, 0.3) is 5.69 Å². The lowest BCUT2D eigenvalue weighted by Gasteiger charge is -2.06.